The third-order valence-corrected chi connectivity index (χ3v) is 3.35. The summed E-state index contributed by atoms with van der Waals surface area (Å²) in [4.78, 5) is 24.1. The Kier molecular flexibility index (Phi) is 4.65. The van der Waals surface area contributed by atoms with Gasteiger partial charge in [0.05, 0.1) is 11.5 Å². The fraction of sp³-hybridized carbons (Fsp3) is 0.462. The minimum Gasteiger partial charge on any atom is -0.325 e. The number of rotatable bonds is 4. The van der Waals surface area contributed by atoms with Crippen LogP contribution in [0, 0.1) is 10.1 Å². The van der Waals surface area contributed by atoms with Crippen LogP contribution in [0.5, 0.6) is 0 Å². The van der Waals surface area contributed by atoms with E-state index >= 15 is 0 Å². The Morgan fingerprint density at radius 3 is 2.80 bits per heavy atom. The lowest BCUT2D eigenvalue weighted by atomic mass is 10.2. The normalized spacial score (nSPS) is 19.6. The van der Waals surface area contributed by atoms with Gasteiger partial charge >= 0.3 is 0 Å². The maximum atomic E-state index is 11.9. The van der Waals surface area contributed by atoms with Crippen molar-refractivity contribution >= 4 is 17.3 Å². The number of amides is 1. The van der Waals surface area contributed by atoms with E-state index in [2.05, 4.69) is 22.5 Å². The molecular formula is C13H18N4O3. The molecule has 2 rings (SSSR count). The minimum absolute atomic E-state index is 0.0127. The van der Waals surface area contributed by atoms with Crippen molar-refractivity contribution in [3.63, 3.8) is 0 Å². The molecule has 1 aliphatic heterocycles. The summed E-state index contributed by atoms with van der Waals surface area (Å²) in [6.45, 7) is 5.01. The molecule has 0 radical (unpaired) electrons. The number of anilines is 1. The number of non-ortho nitro benzene ring substituents is 1. The van der Waals surface area contributed by atoms with E-state index in [0.717, 1.165) is 19.6 Å². The molecule has 1 aromatic rings. The van der Waals surface area contributed by atoms with Crippen LogP contribution in [0.1, 0.15) is 6.92 Å². The van der Waals surface area contributed by atoms with Gasteiger partial charge in [-0.25, -0.2) is 0 Å². The highest BCUT2D eigenvalue weighted by molar-refractivity contribution is 5.92. The summed E-state index contributed by atoms with van der Waals surface area (Å²) < 4.78 is 0. The predicted octanol–water partition coefficient (Wildman–Crippen LogP) is 0.827. The molecular weight excluding hydrogens is 260 g/mol. The maximum absolute atomic E-state index is 11.9. The largest absolute Gasteiger partial charge is 0.325 e. The van der Waals surface area contributed by atoms with Gasteiger partial charge in [0.25, 0.3) is 5.69 Å². The first-order valence-corrected chi connectivity index (χ1v) is 6.55. The van der Waals surface area contributed by atoms with Gasteiger partial charge in [-0.3, -0.25) is 19.8 Å². The van der Waals surface area contributed by atoms with Gasteiger partial charge in [-0.1, -0.05) is 0 Å². The second kappa shape index (κ2) is 6.44. The van der Waals surface area contributed by atoms with Gasteiger partial charge in [0.2, 0.25) is 5.91 Å². The maximum Gasteiger partial charge on any atom is 0.269 e. The van der Waals surface area contributed by atoms with Gasteiger partial charge in [-0.05, 0) is 19.1 Å². The fourth-order valence-corrected chi connectivity index (χ4v) is 2.17. The first-order valence-electron chi connectivity index (χ1n) is 6.55. The number of hydrogen-bond donors (Lipinski definition) is 2. The summed E-state index contributed by atoms with van der Waals surface area (Å²) in [7, 11) is 0. The molecule has 108 valence electrons. The average Bonchev–Trinajstić information content (AvgIpc) is 2.42. The number of benzene rings is 1. The third kappa shape index (κ3) is 3.75. The molecule has 1 amide bonds. The Balaban J connectivity index is 1.89. The second-order valence-corrected chi connectivity index (χ2v) is 4.88. The van der Waals surface area contributed by atoms with Gasteiger partial charge in [0.15, 0.2) is 0 Å². The van der Waals surface area contributed by atoms with Crippen molar-refractivity contribution < 1.29 is 9.72 Å². The first kappa shape index (κ1) is 14.4. The molecule has 1 atom stereocenters. The summed E-state index contributed by atoms with van der Waals surface area (Å²) in [5.74, 6) is -0.104. The van der Waals surface area contributed by atoms with Crippen LogP contribution < -0.4 is 10.6 Å². The number of hydrogen-bond acceptors (Lipinski definition) is 5. The molecule has 1 saturated heterocycles. The van der Waals surface area contributed by atoms with E-state index in [9.17, 15) is 14.9 Å². The van der Waals surface area contributed by atoms with E-state index in [1.54, 1.807) is 0 Å². The molecule has 0 aliphatic carbocycles. The molecule has 0 aromatic heterocycles. The van der Waals surface area contributed by atoms with E-state index in [-0.39, 0.29) is 11.6 Å². The van der Waals surface area contributed by atoms with E-state index in [4.69, 9.17) is 0 Å². The van der Waals surface area contributed by atoms with E-state index < -0.39 is 4.92 Å². The quantitative estimate of drug-likeness (QED) is 0.629. The van der Waals surface area contributed by atoms with Crippen molar-refractivity contribution in [2.45, 2.75) is 13.0 Å². The van der Waals surface area contributed by atoms with Crippen LogP contribution in [0.2, 0.25) is 0 Å². The van der Waals surface area contributed by atoms with Crippen molar-refractivity contribution in [2.75, 3.05) is 31.5 Å². The SMILES string of the molecule is C[C@H]1CNCCN1CC(=O)Nc1ccc([N+](=O)[O-])cc1. The molecule has 7 heteroatoms. The lowest BCUT2D eigenvalue weighted by molar-refractivity contribution is -0.384. The predicted molar refractivity (Wildman–Crippen MR) is 75.6 cm³/mol. The summed E-state index contributed by atoms with van der Waals surface area (Å²) in [5, 5.41) is 16.6. The van der Waals surface area contributed by atoms with Gasteiger partial charge in [-0.2, -0.15) is 0 Å². The van der Waals surface area contributed by atoms with Crippen molar-refractivity contribution in [1.29, 1.82) is 0 Å². The molecule has 1 aliphatic rings. The highest BCUT2D eigenvalue weighted by Crippen LogP contribution is 2.15. The van der Waals surface area contributed by atoms with Gasteiger partial charge < -0.3 is 10.6 Å². The van der Waals surface area contributed by atoms with Gasteiger partial charge in [0.1, 0.15) is 0 Å². The summed E-state index contributed by atoms with van der Waals surface area (Å²) >= 11 is 0. The van der Waals surface area contributed by atoms with Gasteiger partial charge in [-0.15, -0.1) is 0 Å². The van der Waals surface area contributed by atoms with Crippen molar-refractivity contribution in [2.24, 2.45) is 0 Å². The van der Waals surface area contributed by atoms with Crippen LogP contribution in [-0.4, -0.2) is 48.0 Å². The second-order valence-electron chi connectivity index (χ2n) is 4.88. The van der Waals surface area contributed by atoms with E-state index in [1.165, 1.54) is 24.3 Å². The molecule has 2 N–H and O–H groups in total. The van der Waals surface area contributed by atoms with Crippen LogP contribution in [0.15, 0.2) is 24.3 Å². The molecule has 20 heavy (non-hydrogen) atoms. The molecule has 0 bridgehead atoms. The highest BCUT2D eigenvalue weighted by atomic mass is 16.6. The molecule has 0 unspecified atom stereocenters. The van der Waals surface area contributed by atoms with Crippen LogP contribution in [0.4, 0.5) is 11.4 Å². The monoisotopic (exact) mass is 278 g/mol. The molecule has 7 nitrogen and oxygen atoms in total. The van der Waals surface area contributed by atoms with Crippen LogP contribution in [0.3, 0.4) is 0 Å². The Morgan fingerprint density at radius 1 is 1.50 bits per heavy atom. The molecule has 1 fully saturated rings. The molecule has 1 aromatic carbocycles. The lowest BCUT2D eigenvalue weighted by Crippen LogP contribution is -2.51. The van der Waals surface area contributed by atoms with Crippen molar-refractivity contribution in [3.8, 4) is 0 Å². The summed E-state index contributed by atoms with van der Waals surface area (Å²) in [6, 6.07) is 6.16. The Hall–Kier alpha value is -1.99. The summed E-state index contributed by atoms with van der Waals surface area (Å²) in [5.41, 5.74) is 0.585. The van der Waals surface area contributed by atoms with Crippen LogP contribution in [0.25, 0.3) is 0 Å². The zero-order chi connectivity index (χ0) is 14.5. The molecule has 0 spiro atoms. The number of piperazine rings is 1. The highest BCUT2D eigenvalue weighted by Gasteiger charge is 2.20. The fourth-order valence-electron chi connectivity index (χ4n) is 2.17. The number of carbonyl (C=O) groups is 1. The van der Waals surface area contributed by atoms with Crippen molar-refractivity contribution in [3.05, 3.63) is 34.4 Å². The Morgan fingerprint density at radius 2 is 2.20 bits per heavy atom. The van der Waals surface area contributed by atoms with E-state index in [1.807, 2.05) is 0 Å². The molecule has 1 heterocycles. The zero-order valence-electron chi connectivity index (χ0n) is 11.3. The minimum atomic E-state index is -0.464. The number of nitrogens with zero attached hydrogens (tertiary/aromatic N) is 2. The van der Waals surface area contributed by atoms with Crippen LogP contribution in [-0.2, 0) is 4.79 Å². The third-order valence-electron chi connectivity index (χ3n) is 3.35. The number of nitrogens with one attached hydrogen (secondary N) is 2. The Labute approximate surface area is 117 Å². The topological polar surface area (TPSA) is 87.5 Å². The standard InChI is InChI=1S/C13H18N4O3/c1-10-8-14-6-7-16(10)9-13(18)15-11-2-4-12(5-3-11)17(19)20/h2-5,10,14H,6-9H2,1H3,(H,15,18)/t10-/m0/s1. The van der Waals surface area contributed by atoms with E-state index in [0.29, 0.717) is 18.3 Å². The first-order chi connectivity index (χ1) is 9.56. The Bertz CT molecular complexity index is 489. The van der Waals surface area contributed by atoms with Crippen molar-refractivity contribution in [1.82, 2.24) is 10.2 Å². The molecule has 0 saturated carbocycles. The summed E-state index contributed by atoms with van der Waals surface area (Å²) in [6.07, 6.45) is 0. The van der Waals surface area contributed by atoms with Crippen LogP contribution >= 0.6 is 0 Å². The number of nitro groups is 1. The van der Waals surface area contributed by atoms with Gasteiger partial charge in [0, 0.05) is 43.5 Å². The number of carbonyl (C=O) groups excluding carboxylic acids is 1. The smallest absolute Gasteiger partial charge is 0.269 e. The lowest BCUT2D eigenvalue weighted by Gasteiger charge is -2.33. The average molecular weight is 278 g/mol. The zero-order valence-corrected chi connectivity index (χ0v) is 11.3. The number of nitro benzene ring substituents is 1.